The molecule has 1 unspecified atom stereocenters. The quantitative estimate of drug-likeness (QED) is 0.734. The summed E-state index contributed by atoms with van der Waals surface area (Å²) in [5, 5.41) is 0.224. The number of hydrogen-bond donors (Lipinski definition) is 0. The number of ether oxygens (including phenoxy) is 2. The number of carbonyl (C=O) groups is 1. The molecular weight excluding hydrogens is 375 g/mol. The van der Waals surface area contributed by atoms with Crippen LogP contribution in [0.4, 0.5) is 4.39 Å². The molecule has 146 valence electrons. The fraction of sp³-hybridized carbons (Fsp3) is 0.500. The largest absolute Gasteiger partial charge is 0.459 e. The lowest BCUT2D eigenvalue weighted by molar-refractivity contribution is -0.0970. The number of piperidine rings is 1. The molecule has 3 heterocycles. The monoisotopic (exact) mass is 396 g/mol. The zero-order chi connectivity index (χ0) is 19.3. The topological polar surface area (TPSA) is 77.8 Å². The van der Waals surface area contributed by atoms with Crippen LogP contribution >= 0.6 is 0 Å². The van der Waals surface area contributed by atoms with Crippen molar-refractivity contribution in [1.82, 2.24) is 8.87 Å². The molecule has 9 heteroatoms. The van der Waals surface area contributed by atoms with Gasteiger partial charge in [0.15, 0.2) is 0 Å². The van der Waals surface area contributed by atoms with E-state index in [2.05, 4.69) is 4.90 Å². The summed E-state index contributed by atoms with van der Waals surface area (Å²) >= 11 is 0. The highest BCUT2D eigenvalue weighted by Gasteiger charge is 2.38. The van der Waals surface area contributed by atoms with Crippen molar-refractivity contribution >= 4 is 26.9 Å². The molecule has 0 spiro atoms. The molecule has 0 saturated carbocycles. The van der Waals surface area contributed by atoms with Crippen molar-refractivity contribution in [2.24, 2.45) is 0 Å². The van der Waals surface area contributed by atoms with Gasteiger partial charge < -0.3 is 9.47 Å². The normalized spacial score (nSPS) is 26.3. The summed E-state index contributed by atoms with van der Waals surface area (Å²) in [5.41, 5.74) is 0.301. The predicted octanol–water partition coefficient (Wildman–Crippen LogP) is 1.61. The van der Waals surface area contributed by atoms with E-state index in [0.717, 1.165) is 22.4 Å². The van der Waals surface area contributed by atoms with Crippen LogP contribution in [0.1, 0.15) is 23.2 Å². The molecule has 2 bridgehead atoms. The Hall–Kier alpha value is -1.97. The lowest BCUT2D eigenvalue weighted by atomic mass is 9.92. The molecule has 3 atom stereocenters. The second kappa shape index (κ2) is 6.57. The van der Waals surface area contributed by atoms with E-state index in [9.17, 15) is 17.6 Å². The SMILES string of the molecule is CN1[C@@H]2COC[C@H]1CC(OC(=O)c1cn(S(C)(=O)=O)c3ccc(F)cc13)C2. The third kappa shape index (κ3) is 3.35. The Kier molecular flexibility index (Phi) is 4.48. The van der Waals surface area contributed by atoms with E-state index >= 15 is 0 Å². The Morgan fingerprint density at radius 2 is 1.93 bits per heavy atom. The molecule has 2 aromatic rings. The number of fused-ring (bicyclic) bond motifs is 3. The van der Waals surface area contributed by atoms with E-state index in [0.29, 0.717) is 26.1 Å². The van der Waals surface area contributed by atoms with Gasteiger partial charge in [0, 0.05) is 36.5 Å². The molecule has 2 aliphatic rings. The van der Waals surface area contributed by atoms with Gasteiger partial charge >= 0.3 is 5.97 Å². The molecule has 2 fully saturated rings. The van der Waals surface area contributed by atoms with Gasteiger partial charge in [0.2, 0.25) is 10.0 Å². The Morgan fingerprint density at radius 3 is 2.56 bits per heavy atom. The Balaban J connectivity index is 1.64. The lowest BCUT2D eigenvalue weighted by Crippen LogP contribution is -2.56. The van der Waals surface area contributed by atoms with E-state index < -0.39 is 21.8 Å². The van der Waals surface area contributed by atoms with E-state index in [1.165, 1.54) is 12.3 Å². The molecule has 7 nitrogen and oxygen atoms in total. The minimum absolute atomic E-state index is 0.0512. The Labute approximate surface area is 156 Å². The second-order valence-corrected chi connectivity index (χ2v) is 9.13. The molecule has 27 heavy (non-hydrogen) atoms. The third-order valence-corrected chi connectivity index (χ3v) is 6.44. The van der Waals surface area contributed by atoms with Gasteiger partial charge in [0.05, 0.1) is 30.5 Å². The summed E-state index contributed by atoms with van der Waals surface area (Å²) in [5.74, 6) is -1.18. The number of carbonyl (C=O) groups excluding carboxylic acids is 1. The number of rotatable bonds is 3. The van der Waals surface area contributed by atoms with E-state index in [1.54, 1.807) is 0 Å². The smallest absolute Gasteiger partial charge is 0.340 e. The van der Waals surface area contributed by atoms with Crippen LogP contribution in [0.5, 0.6) is 0 Å². The van der Waals surface area contributed by atoms with Gasteiger partial charge in [-0.2, -0.15) is 0 Å². The molecule has 0 amide bonds. The average molecular weight is 396 g/mol. The maximum absolute atomic E-state index is 13.7. The molecule has 2 saturated heterocycles. The van der Waals surface area contributed by atoms with Gasteiger partial charge in [0.25, 0.3) is 0 Å². The van der Waals surface area contributed by atoms with Crippen LogP contribution < -0.4 is 0 Å². The first-order chi connectivity index (χ1) is 12.7. The van der Waals surface area contributed by atoms with Gasteiger partial charge in [-0.05, 0) is 25.2 Å². The number of benzene rings is 1. The van der Waals surface area contributed by atoms with Crippen molar-refractivity contribution in [2.75, 3.05) is 26.5 Å². The number of likely N-dealkylation sites (N-methyl/N-ethyl adjacent to an activating group) is 1. The summed E-state index contributed by atoms with van der Waals surface area (Å²) in [6.07, 6.45) is 3.26. The molecule has 0 N–H and O–H groups in total. The number of esters is 1. The number of aromatic nitrogens is 1. The number of hydrogen-bond acceptors (Lipinski definition) is 6. The first kappa shape index (κ1) is 18.4. The third-order valence-electron chi connectivity index (χ3n) is 5.43. The second-order valence-electron chi connectivity index (χ2n) is 7.27. The number of morpholine rings is 1. The fourth-order valence-corrected chi connectivity index (χ4v) is 4.78. The minimum atomic E-state index is -3.64. The van der Waals surface area contributed by atoms with Crippen molar-refractivity contribution in [3.05, 3.63) is 35.8 Å². The molecular formula is C18H21FN2O5S. The van der Waals surface area contributed by atoms with Crippen molar-refractivity contribution in [3.8, 4) is 0 Å². The van der Waals surface area contributed by atoms with Crippen LogP contribution in [0.15, 0.2) is 24.4 Å². The van der Waals surface area contributed by atoms with Gasteiger partial charge in [-0.1, -0.05) is 0 Å². The summed E-state index contributed by atoms with van der Waals surface area (Å²) < 4.78 is 50.0. The van der Waals surface area contributed by atoms with Crippen LogP contribution in [0.25, 0.3) is 10.9 Å². The van der Waals surface area contributed by atoms with Gasteiger partial charge in [0.1, 0.15) is 11.9 Å². The zero-order valence-corrected chi connectivity index (χ0v) is 15.9. The summed E-state index contributed by atoms with van der Waals surface area (Å²) in [6.45, 7) is 1.19. The summed E-state index contributed by atoms with van der Waals surface area (Å²) in [6, 6.07) is 4.04. The summed E-state index contributed by atoms with van der Waals surface area (Å²) in [4.78, 5) is 15.0. The maximum atomic E-state index is 13.7. The molecule has 2 aliphatic heterocycles. The molecule has 1 aromatic carbocycles. The molecule has 0 radical (unpaired) electrons. The van der Waals surface area contributed by atoms with Gasteiger partial charge in [-0.15, -0.1) is 0 Å². The van der Waals surface area contributed by atoms with Gasteiger partial charge in [-0.25, -0.2) is 21.6 Å². The standard InChI is InChI=1S/C18H21FN2O5S/c1-20-12-6-14(7-13(20)10-25-9-12)26-18(22)16-8-21(27(2,23)24)17-4-3-11(19)5-15(16)17/h3-5,8,12-14H,6-7,9-10H2,1-2H3/t12-,13+,14?. The summed E-state index contributed by atoms with van der Waals surface area (Å²) in [7, 11) is -1.60. The fourth-order valence-electron chi connectivity index (χ4n) is 3.97. The van der Waals surface area contributed by atoms with Crippen molar-refractivity contribution in [1.29, 1.82) is 0 Å². The van der Waals surface area contributed by atoms with Crippen LogP contribution in [0.2, 0.25) is 0 Å². The average Bonchev–Trinajstić information content (AvgIpc) is 2.94. The highest BCUT2D eigenvalue weighted by molar-refractivity contribution is 7.89. The number of nitrogens with zero attached hydrogens (tertiary/aromatic N) is 2. The van der Waals surface area contributed by atoms with Crippen LogP contribution in [0.3, 0.4) is 0 Å². The zero-order valence-electron chi connectivity index (χ0n) is 15.1. The molecule has 4 rings (SSSR count). The molecule has 0 aliphatic carbocycles. The van der Waals surface area contributed by atoms with Crippen LogP contribution in [-0.4, -0.2) is 68.0 Å². The predicted molar refractivity (Wildman–Crippen MR) is 96.7 cm³/mol. The van der Waals surface area contributed by atoms with E-state index in [-0.39, 0.29) is 34.7 Å². The highest BCUT2D eigenvalue weighted by atomic mass is 32.2. The Morgan fingerprint density at radius 1 is 1.26 bits per heavy atom. The van der Waals surface area contributed by atoms with Crippen molar-refractivity contribution in [2.45, 2.75) is 31.0 Å². The first-order valence-electron chi connectivity index (χ1n) is 8.76. The van der Waals surface area contributed by atoms with Crippen LogP contribution in [-0.2, 0) is 19.5 Å². The van der Waals surface area contributed by atoms with Crippen molar-refractivity contribution < 1.29 is 27.1 Å². The van der Waals surface area contributed by atoms with E-state index in [1.807, 2.05) is 7.05 Å². The van der Waals surface area contributed by atoms with E-state index in [4.69, 9.17) is 9.47 Å². The first-order valence-corrected chi connectivity index (χ1v) is 10.6. The highest BCUT2D eigenvalue weighted by Crippen LogP contribution is 2.30. The molecule has 1 aromatic heterocycles. The minimum Gasteiger partial charge on any atom is -0.459 e. The lowest BCUT2D eigenvalue weighted by Gasteiger charge is -2.46. The number of halogens is 1. The Bertz CT molecular complexity index is 989. The maximum Gasteiger partial charge on any atom is 0.340 e. The van der Waals surface area contributed by atoms with Crippen molar-refractivity contribution in [3.63, 3.8) is 0 Å². The van der Waals surface area contributed by atoms with Gasteiger partial charge in [-0.3, -0.25) is 4.90 Å². The van der Waals surface area contributed by atoms with Crippen LogP contribution in [0, 0.1) is 5.82 Å².